The molecule has 1 atom stereocenters. The monoisotopic (exact) mass is 319 g/mol. The zero-order chi connectivity index (χ0) is 16.1. The van der Waals surface area contributed by atoms with E-state index >= 15 is 0 Å². The lowest BCUT2D eigenvalue weighted by Gasteiger charge is -2.40. The molecule has 4 heterocycles. The highest BCUT2D eigenvalue weighted by atomic mass is 15.3. The molecular formula is C19H21N5. The smallest absolute Gasteiger partial charge is 0.146 e. The number of nitrogens with zero attached hydrogens (tertiary/aromatic N) is 3. The number of anilines is 2. The predicted octanol–water partition coefficient (Wildman–Crippen LogP) is 3.12. The van der Waals surface area contributed by atoms with Crippen molar-refractivity contribution >= 4 is 22.5 Å². The van der Waals surface area contributed by atoms with Crippen LogP contribution in [0.1, 0.15) is 25.3 Å². The van der Waals surface area contributed by atoms with E-state index < -0.39 is 0 Å². The van der Waals surface area contributed by atoms with Crippen LogP contribution >= 0.6 is 0 Å². The van der Waals surface area contributed by atoms with Gasteiger partial charge in [0.15, 0.2) is 0 Å². The zero-order valence-electron chi connectivity index (χ0n) is 13.8. The van der Waals surface area contributed by atoms with Crippen LogP contribution in [0.5, 0.6) is 0 Å². The summed E-state index contributed by atoms with van der Waals surface area (Å²) in [6.07, 6.45) is 5.94. The highest BCUT2D eigenvalue weighted by Crippen LogP contribution is 2.53. The molecule has 0 bridgehead atoms. The van der Waals surface area contributed by atoms with Gasteiger partial charge in [-0.3, -0.25) is 0 Å². The topological polar surface area (TPSA) is 56.8 Å². The maximum atomic E-state index is 4.67. The molecular weight excluding hydrogens is 298 g/mol. The molecule has 5 heteroatoms. The maximum absolute atomic E-state index is 4.67. The van der Waals surface area contributed by atoms with Crippen molar-refractivity contribution in [1.29, 1.82) is 0 Å². The lowest BCUT2D eigenvalue weighted by Crippen LogP contribution is -2.48. The summed E-state index contributed by atoms with van der Waals surface area (Å²) in [5.74, 6) is 1.01. The Hall–Kier alpha value is -2.40. The number of rotatable bonds is 1. The normalized spacial score (nSPS) is 22.2. The van der Waals surface area contributed by atoms with Gasteiger partial charge >= 0.3 is 0 Å². The molecule has 5 rings (SSSR count). The van der Waals surface area contributed by atoms with E-state index in [0.29, 0.717) is 6.04 Å². The Balaban J connectivity index is 1.74. The van der Waals surface area contributed by atoms with E-state index in [1.54, 1.807) is 6.33 Å². The number of para-hydroxylation sites is 1. The number of piperidine rings is 1. The van der Waals surface area contributed by atoms with E-state index in [9.17, 15) is 0 Å². The van der Waals surface area contributed by atoms with Gasteiger partial charge in [-0.15, -0.1) is 0 Å². The van der Waals surface area contributed by atoms with Crippen LogP contribution in [-0.4, -0.2) is 34.1 Å². The lowest BCUT2D eigenvalue weighted by molar-refractivity contribution is 0.281. The molecule has 1 fully saturated rings. The first-order chi connectivity index (χ1) is 11.8. The average Bonchev–Trinajstić information content (AvgIpc) is 3.19. The Morgan fingerprint density at radius 2 is 1.96 bits per heavy atom. The van der Waals surface area contributed by atoms with E-state index in [1.807, 2.05) is 6.20 Å². The fourth-order valence-electron chi connectivity index (χ4n) is 4.69. The van der Waals surface area contributed by atoms with Gasteiger partial charge in [0.1, 0.15) is 17.8 Å². The van der Waals surface area contributed by atoms with Gasteiger partial charge in [0.2, 0.25) is 0 Å². The predicted molar refractivity (Wildman–Crippen MR) is 95.7 cm³/mol. The third kappa shape index (κ3) is 1.73. The molecule has 0 radical (unpaired) electrons. The van der Waals surface area contributed by atoms with Crippen LogP contribution in [0, 0.1) is 0 Å². The third-order valence-corrected chi connectivity index (χ3v) is 5.94. The van der Waals surface area contributed by atoms with Crippen LogP contribution in [0.25, 0.3) is 11.0 Å². The number of nitrogens with one attached hydrogen (secondary N) is 2. The van der Waals surface area contributed by atoms with Gasteiger partial charge in [-0.2, -0.15) is 0 Å². The number of aromatic nitrogens is 3. The number of fused-ring (bicyclic) bond motifs is 3. The van der Waals surface area contributed by atoms with Crippen molar-refractivity contribution in [2.75, 3.05) is 18.0 Å². The van der Waals surface area contributed by atoms with E-state index in [0.717, 1.165) is 29.9 Å². The average molecular weight is 319 g/mol. The number of H-pyrrole nitrogens is 1. The maximum Gasteiger partial charge on any atom is 0.146 e. The van der Waals surface area contributed by atoms with Crippen LogP contribution in [0.15, 0.2) is 42.9 Å². The van der Waals surface area contributed by atoms with Crippen LogP contribution in [-0.2, 0) is 5.41 Å². The van der Waals surface area contributed by atoms with Crippen molar-refractivity contribution in [1.82, 2.24) is 20.3 Å². The van der Waals surface area contributed by atoms with E-state index in [-0.39, 0.29) is 5.41 Å². The van der Waals surface area contributed by atoms with Gasteiger partial charge < -0.3 is 15.2 Å². The molecule has 1 aromatic carbocycles. The number of hydrogen-bond acceptors (Lipinski definition) is 4. The summed E-state index contributed by atoms with van der Waals surface area (Å²) >= 11 is 0. The molecule has 2 N–H and O–H groups in total. The number of benzene rings is 1. The molecule has 1 saturated heterocycles. The summed E-state index contributed by atoms with van der Waals surface area (Å²) in [5, 5.41) is 4.61. The van der Waals surface area contributed by atoms with Crippen LogP contribution in [0.4, 0.5) is 11.5 Å². The zero-order valence-corrected chi connectivity index (χ0v) is 13.8. The Morgan fingerprint density at radius 3 is 2.83 bits per heavy atom. The second-order valence-electron chi connectivity index (χ2n) is 6.91. The molecule has 2 aliphatic rings. The first-order valence-corrected chi connectivity index (χ1v) is 8.69. The van der Waals surface area contributed by atoms with Crippen molar-refractivity contribution in [2.45, 2.75) is 31.2 Å². The molecule has 2 aliphatic heterocycles. The van der Waals surface area contributed by atoms with Gasteiger partial charge in [-0.1, -0.05) is 18.2 Å². The Labute approximate surface area is 141 Å². The molecule has 24 heavy (non-hydrogen) atoms. The van der Waals surface area contributed by atoms with Gasteiger partial charge in [0.05, 0.1) is 5.39 Å². The molecule has 0 aliphatic carbocycles. The van der Waals surface area contributed by atoms with Gasteiger partial charge in [-0.25, -0.2) is 9.97 Å². The Morgan fingerprint density at radius 1 is 1.12 bits per heavy atom. The number of aromatic amines is 1. The fraction of sp³-hybridized carbons (Fsp3) is 0.368. The van der Waals surface area contributed by atoms with E-state index in [4.69, 9.17) is 0 Å². The van der Waals surface area contributed by atoms with Crippen LogP contribution in [0.3, 0.4) is 0 Å². The molecule has 2 aromatic heterocycles. The summed E-state index contributed by atoms with van der Waals surface area (Å²) in [6, 6.07) is 11.3. The van der Waals surface area contributed by atoms with Gasteiger partial charge in [0, 0.05) is 23.3 Å². The molecule has 122 valence electrons. The highest BCUT2D eigenvalue weighted by Gasteiger charge is 2.49. The summed E-state index contributed by atoms with van der Waals surface area (Å²) in [5.41, 5.74) is 3.88. The van der Waals surface area contributed by atoms with Crippen LogP contribution < -0.4 is 10.2 Å². The minimum Gasteiger partial charge on any atom is -0.346 e. The first kappa shape index (κ1) is 14.0. The van der Waals surface area contributed by atoms with E-state index in [1.165, 1.54) is 24.1 Å². The van der Waals surface area contributed by atoms with Crippen molar-refractivity contribution in [2.24, 2.45) is 0 Å². The van der Waals surface area contributed by atoms with Crippen molar-refractivity contribution in [3.63, 3.8) is 0 Å². The van der Waals surface area contributed by atoms with Crippen molar-refractivity contribution in [3.05, 3.63) is 48.4 Å². The minimum atomic E-state index is 0.204. The molecule has 3 aromatic rings. The second kappa shape index (κ2) is 5.05. The van der Waals surface area contributed by atoms with Crippen molar-refractivity contribution < 1.29 is 0 Å². The summed E-state index contributed by atoms with van der Waals surface area (Å²) in [4.78, 5) is 14.7. The second-order valence-corrected chi connectivity index (χ2v) is 6.91. The minimum absolute atomic E-state index is 0.204. The van der Waals surface area contributed by atoms with Gasteiger partial charge in [-0.05, 0) is 50.6 Å². The lowest BCUT2D eigenvalue weighted by atomic mass is 9.70. The molecule has 5 nitrogen and oxygen atoms in total. The summed E-state index contributed by atoms with van der Waals surface area (Å²) in [7, 11) is 0. The Kier molecular flexibility index (Phi) is 2.94. The third-order valence-electron chi connectivity index (χ3n) is 5.94. The number of hydrogen-bond donors (Lipinski definition) is 2. The molecule has 0 amide bonds. The van der Waals surface area contributed by atoms with Gasteiger partial charge in [0.25, 0.3) is 0 Å². The fourth-order valence-corrected chi connectivity index (χ4v) is 4.69. The summed E-state index contributed by atoms with van der Waals surface area (Å²) in [6.45, 7) is 4.51. The highest BCUT2D eigenvalue weighted by molar-refractivity contribution is 5.91. The van der Waals surface area contributed by atoms with Crippen LogP contribution in [0.2, 0.25) is 0 Å². The first-order valence-electron chi connectivity index (χ1n) is 8.69. The molecule has 1 unspecified atom stereocenters. The largest absolute Gasteiger partial charge is 0.346 e. The Bertz CT molecular complexity index is 893. The SMILES string of the molecule is CC1N(c2ncnc3[nH]ccc23)c2ccccc2C12CCNCC2. The van der Waals surface area contributed by atoms with Crippen molar-refractivity contribution in [3.8, 4) is 0 Å². The quantitative estimate of drug-likeness (QED) is 0.723. The standard InChI is InChI=1S/C19H21N5/c1-13-19(7-10-20-11-8-19)15-4-2-3-5-16(15)24(13)18-14-6-9-21-17(14)22-12-23-18/h2-6,9,12-13,20H,7-8,10-11H2,1H3,(H,21,22,23). The molecule has 1 spiro atoms. The van der Waals surface area contributed by atoms with E-state index in [2.05, 4.69) is 62.4 Å². The summed E-state index contributed by atoms with van der Waals surface area (Å²) < 4.78 is 0. The molecule has 0 saturated carbocycles.